The van der Waals surface area contributed by atoms with Gasteiger partial charge < -0.3 is 4.18 Å². The second-order valence-electron chi connectivity index (χ2n) is 8.96. The Morgan fingerprint density at radius 3 is 2.67 bits per heavy atom. The first-order valence-corrected chi connectivity index (χ1v) is 12.7. The summed E-state index contributed by atoms with van der Waals surface area (Å²) in [5, 5.41) is 7.42. The van der Waals surface area contributed by atoms with Crippen LogP contribution in [0.3, 0.4) is 0 Å². The molecule has 0 aliphatic heterocycles. The van der Waals surface area contributed by atoms with Crippen molar-refractivity contribution in [3.8, 4) is 16.3 Å². The van der Waals surface area contributed by atoms with Crippen molar-refractivity contribution < 1.29 is 4.18 Å². The maximum atomic E-state index is 6.03. The number of unbranched alkanes of at least 4 members (excludes halogenated alkanes) is 2. The van der Waals surface area contributed by atoms with E-state index in [-0.39, 0.29) is 4.75 Å². The number of aryl methyl sites for hydroxylation is 1. The van der Waals surface area contributed by atoms with Gasteiger partial charge in [-0.3, -0.25) is 4.68 Å². The van der Waals surface area contributed by atoms with Crippen LogP contribution < -0.4 is 4.18 Å². The lowest BCUT2D eigenvalue weighted by molar-refractivity contribution is 0.451. The fourth-order valence-electron chi connectivity index (χ4n) is 3.42. The van der Waals surface area contributed by atoms with E-state index in [4.69, 9.17) is 9.28 Å². The quantitative estimate of drug-likeness (QED) is 0.233. The van der Waals surface area contributed by atoms with Crippen molar-refractivity contribution >= 4 is 34.3 Å². The molecule has 2 heterocycles. The normalized spacial score (nSPS) is 13.1. The number of thiazole rings is 1. The average molecular weight is 446 g/mol. The van der Waals surface area contributed by atoms with E-state index in [1.165, 1.54) is 41.8 Å². The van der Waals surface area contributed by atoms with Crippen molar-refractivity contribution in [2.24, 2.45) is 0 Å². The zero-order valence-corrected chi connectivity index (χ0v) is 20.8. The van der Waals surface area contributed by atoms with E-state index in [2.05, 4.69) is 69.4 Å². The van der Waals surface area contributed by atoms with Gasteiger partial charge in [0.25, 0.3) is 0 Å². The Bertz CT molecular complexity index is 955. The third-order valence-corrected chi connectivity index (χ3v) is 6.80. The van der Waals surface area contributed by atoms with Crippen LogP contribution in [-0.4, -0.2) is 19.5 Å². The second-order valence-corrected chi connectivity index (χ2v) is 11.6. The lowest BCUT2D eigenvalue weighted by Crippen LogP contribution is -2.09. The van der Waals surface area contributed by atoms with Crippen LogP contribution in [-0.2, 0) is 6.42 Å². The van der Waals surface area contributed by atoms with Crippen molar-refractivity contribution in [2.45, 2.75) is 90.9 Å². The zero-order chi connectivity index (χ0) is 21.7. The summed E-state index contributed by atoms with van der Waals surface area (Å²) in [4.78, 5) is 5.77. The van der Waals surface area contributed by atoms with Crippen LogP contribution in [0.15, 0.2) is 24.4 Å². The van der Waals surface area contributed by atoms with Gasteiger partial charge >= 0.3 is 0 Å². The maximum absolute atomic E-state index is 6.03. The smallest absolute Gasteiger partial charge is 0.138 e. The number of aromatic nitrogens is 3. The molecule has 0 amide bonds. The first-order valence-electron chi connectivity index (χ1n) is 11.2. The molecule has 0 spiro atoms. The van der Waals surface area contributed by atoms with Crippen LogP contribution in [0, 0.1) is 0 Å². The highest BCUT2D eigenvalue weighted by atomic mass is 32.2. The van der Waals surface area contributed by atoms with E-state index < -0.39 is 0 Å². The van der Waals surface area contributed by atoms with Gasteiger partial charge in [-0.25, -0.2) is 4.98 Å². The highest BCUT2D eigenvalue weighted by molar-refractivity contribution is 7.96. The van der Waals surface area contributed by atoms with Gasteiger partial charge in [-0.05, 0) is 65.2 Å². The molecule has 0 fully saturated rings. The lowest BCUT2D eigenvalue weighted by atomic mass is 10.1. The average Bonchev–Trinajstić information content (AvgIpc) is 3.30. The molecule has 2 aromatic heterocycles. The molecule has 0 bridgehead atoms. The summed E-state index contributed by atoms with van der Waals surface area (Å²) in [5.41, 5.74) is 2.20. The predicted octanol–water partition coefficient (Wildman–Crippen LogP) is 8.08. The summed E-state index contributed by atoms with van der Waals surface area (Å²) in [6.07, 6.45) is 9.01. The zero-order valence-electron chi connectivity index (χ0n) is 19.2. The van der Waals surface area contributed by atoms with Gasteiger partial charge in [-0.15, -0.1) is 11.3 Å². The Labute approximate surface area is 189 Å². The first-order chi connectivity index (χ1) is 14.3. The van der Waals surface area contributed by atoms with E-state index >= 15 is 0 Å². The van der Waals surface area contributed by atoms with Gasteiger partial charge in [0.15, 0.2) is 0 Å². The highest BCUT2D eigenvalue weighted by Gasteiger charge is 2.20. The van der Waals surface area contributed by atoms with Crippen molar-refractivity contribution in [2.75, 3.05) is 0 Å². The summed E-state index contributed by atoms with van der Waals surface area (Å²) >= 11 is 3.26. The van der Waals surface area contributed by atoms with E-state index in [0.29, 0.717) is 6.04 Å². The number of fused-ring (bicyclic) bond motifs is 1. The SMILES string of the molecule is CCCCCC(C)n1nc(-c2cnc(CCC)s2)c2cc(OSC(C)(C)C)ccc21. The molecular formula is C24H35N3OS2. The third kappa shape index (κ3) is 5.79. The second kappa shape index (κ2) is 10.2. The molecule has 0 N–H and O–H groups in total. The highest BCUT2D eigenvalue weighted by Crippen LogP contribution is 2.37. The number of nitrogens with zero attached hydrogens (tertiary/aromatic N) is 3. The number of rotatable bonds is 10. The minimum Gasteiger partial charge on any atom is -0.425 e. The van der Waals surface area contributed by atoms with E-state index in [9.17, 15) is 0 Å². The minimum atomic E-state index is 0.0441. The topological polar surface area (TPSA) is 39.9 Å². The van der Waals surface area contributed by atoms with Crippen molar-refractivity contribution in [3.63, 3.8) is 0 Å². The predicted molar refractivity (Wildman–Crippen MR) is 132 cm³/mol. The summed E-state index contributed by atoms with van der Waals surface area (Å²) in [6, 6.07) is 6.74. The molecule has 3 aromatic rings. The summed E-state index contributed by atoms with van der Waals surface area (Å²) in [5.74, 6) is 0.875. The molecule has 0 radical (unpaired) electrons. The van der Waals surface area contributed by atoms with Crippen LogP contribution in [0.1, 0.15) is 84.7 Å². The van der Waals surface area contributed by atoms with Gasteiger partial charge in [0.05, 0.1) is 27.4 Å². The largest absolute Gasteiger partial charge is 0.425 e. The molecular weight excluding hydrogens is 410 g/mol. The Balaban J connectivity index is 2.00. The summed E-state index contributed by atoms with van der Waals surface area (Å²) in [6.45, 7) is 13.2. The summed E-state index contributed by atoms with van der Waals surface area (Å²) in [7, 11) is 0. The van der Waals surface area contributed by atoms with Crippen LogP contribution in [0.4, 0.5) is 0 Å². The monoisotopic (exact) mass is 445 g/mol. The molecule has 4 nitrogen and oxygen atoms in total. The minimum absolute atomic E-state index is 0.0441. The molecule has 30 heavy (non-hydrogen) atoms. The van der Waals surface area contributed by atoms with Gasteiger partial charge in [-0.2, -0.15) is 5.10 Å². The molecule has 1 atom stereocenters. The molecule has 0 aliphatic carbocycles. The van der Waals surface area contributed by atoms with Crippen LogP contribution in [0.2, 0.25) is 0 Å². The molecule has 3 rings (SSSR count). The van der Waals surface area contributed by atoms with Crippen molar-refractivity contribution in [1.29, 1.82) is 0 Å². The van der Waals surface area contributed by atoms with E-state index in [0.717, 1.165) is 41.0 Å². The molecule has 0 saturated heterocycles. The Kier molecular flexibility index (Phi) is 7.86. The molecule has 0 saturated carbocycles. The van der Waals surface area contributed by atoms with Crippen molar-refractivity contribution in [3.05, 3.63) is 29.4 Å². The lowest BCUT2D eigenvalue weighted by Gasteiger charge is -2.16. The van der Waals surface area contributed by atoms with Crippen LogP contribution in [0.25, 0.3) is 21.5 Å². The molecule has 0 aliphatic rings. The number of hydrogen-bond acceptors (Lipinski definition) is 5. The van der Waals surface area contributed by atoms with Gasteiger partial charge in [0.1, 0.15) is 11.4 Å². The van der Waals surface area contributed by atoms with E-state index in [1.54, 1.807) is 11.3 Å². The number of hydrogen-bond donors (Lipinski definition) is 0. The summed E-state index contributed by atoms with van der Waals surface area (Å²) < 4.78 is 8.28. The fraction of sp³-hybridized carbons (Fsp3) is 0.583. The maximum Gasteiger partial charge on any atom is 0.138 e. The fourth-order valence-corrected chi connectivity index (χ4v) is 4.89. The standard InChI is InChI=1S/C24H35N3OS2/c1-7-9-10-12-17(3)27-20-14-13-18(28-30-24(4,5)6)15-19(20)23(26-27)21-16-25-22(29-21)11-8-2/h13-17H,7-12H2,1-6H3. The molecule has 164 valence electrons. The van der Waals surface area contributed by atoms with Crippen LogP contribution in [0.5, 0.6) is 5.75 Å². The molecule has 1 unspecified atom stereocenters. The van der Waals surface area contributed by atoms with Gasteiger partial charge in [0, 0.05) is 22.4 Å². The first kappa shape index (κ1) is 23.1. The van der Waals surface area contributed by atoms with Crippen LogP contribution >= 0.6 is 23.4 Å². The van der Waals surface area contributed by atoms with Crippen molar-refractivity contribution in [1.82, 2.24) is 14.8 Å². The Hall–Kier alpha value is -1.53. The van der Waals surface area contributed by atoms with E-state index in [1.807, 2.05) is 6.20 Å². The Morgan fingerprint density at radius 1 is 1.17 bits per heavy atom. The number of benzene rings is 1. The Morgan fingerprint density at radius 2 is 1.97 bits per heavy atom. The van der Waals surface area contributed by atoms with Gasteiger partial charge in [0.2, 0.25) is 0 Å². The molecule has 1 aromatic carbocycles. The van der Waals surface area contributed by atoms with Gasteiger partial charge in [-0.1, -0.05) is 33.1 Å². The third-order valence-electron chi connectivity index (χ3n) is 4.96. The molecule has 6 heteroatoms.